The van der Waals surface area contributed by atoms with Crippen LogP contribution >= 0.6 is 0 Å². The first kappa shape index (κ1) is 18.4. The minimum absolute atomic E-state index is 0.0568. The molecule has 0 saturated carbocycles. The first-order valence-corrected chi connectivity index (χ1v) is 10.8. The van der Waals surface area contributed by atoms with Crippen LogP contribution in [0.2, 0.25) is 0 Å². The topological polar surface area (TPSA) is 69.7 Å². The lowest BCUT2D eigenvalue weighted by molar-refractivity contribution is -0.128. The van der Waals surface area contributed by atoms with Gasteiger partial charge in [0.2, 0.25) is 15.9 Å². The summed E-state index contributed by atoms with van der Waals surface area (Å²) in [7, 11) is -3.13. The van der Waals surface area contributed by atoms with E-state index in [4.69, 9.17) is 0 Å². The Morgan fingerprint density at radius 1 is 1.20 bits per heavy atom. The Bertz CT molecular complexity index is 727. The molecule has 2 aliphatic heterocycles. The van der Waals surface area contributed by atoms with Crippen LogP contribution < -0.4 is 5.32 Å². The molecule has 0 aliphatic carbocycles. The fraction of sp³-hybridized carbons (Fsp3) is 0.611. The number of hydrogen-bond acceptors (Lipinski definition) is 4. The summed E-state index contributed by atoms with van der Waals surface area (Å²) >= 11 is 0. The molecular formula is C18H27N3O3S. The molecular weight excluding hydrogens is 338 g/mol. The molecule has 7 heteroatoms. The number of fused-ring (bicyclic) bond motifs is 1. The summed E-state index contributed by atoms with van der Waals surface area (Å²) in [4.78, 5) is 15.1. The molecule has 1 N–H and O–H groups in total. The summed E-state index contributed by atoms with van der Waals surface area (Å²) in [6, 6.07) is 8.22. The molecule has 1 amide bonds. The van der Waals surface area contributed by atoms with Crippen LogP contribution in [-0.2, 0) is 27.8 Å². The lowest BCUT2D eigenvalue weighted by atomic mass is 9.93. The normalized spacial score (nSPS) is 23.2. The van der Waals surface area contributed by atoms with Gasteiger partial charge < -0.3 is 5.32 Å². The zero-order valence-electron chi connectivity index (χ0n) is 14.9. The van der Waals surface area contributed by atoms with E-state index >= 15 is 0 Å². The third-order valence-electron chi connectivity index (χ3n) is 5.32. The van der Waals surface area contributed by atoms with Gasteiger partial charge in [0.1, 0.15) is 0 Å². The molecule has 2 heterocycles. The molecule has 0 aromatic heterocycles. The van der Waals surface area contributed by atoms with Crippen LogP contribution in [0.1, 0.15) is 30.9 Å². The van der Waals surface area contributed by atoms with Gasteiger partial charge in [-0.25, -0.2) is 12.7 Å². The largest absolute Gasteiger partial charge is 0.352 e. The minimum atomic E-state index is -3.13. The number of likely N-dealkylation sites (N-methyl/N-ethyl adjacent to an activating group) is 1. The van der Waals surface area contributed by atoms with E-state index < -0.39 is 10.0 Å². The number of carbonyl (C=O) groups excluding carboxylic acids is 1. The summed E-state index contributed by atoms with van der Waals surface area (Å²) < 4.78 is 24.7. The first-order chi connectivity index (χ1) is 11.9. The van der Waals surface area contributed by atoms with Crippen molar-refractivity contribution in [3.05, 3.63) is 35.4 Å². The quantitative estimate of drug-likeness (QED) is 0.863. The van der Waals surface area contributed by atoms with Crippen LogP contribution in [0.4, 0.5) is 0 Å². The van der Waals surface area contributed by atoms with Gasteiger partial charge in [-0.1, -0.05) is 31.2 Å². The molecule has 2 aliphatic rings. The zero-order chi connectivity index (χ0) is 18.0. The lowest BCUT2D eigenvalue weighted by Crippen LogP contribution is -2.54. The van der Waals surface area contributed by atoms with Gasteiger partial charge in [-0.3, -0.25) is 9.69 Å². The third kappa shape index (κ3) is 4.22. The molecule has 0 bridgehead atoms. The van der Waals surface area contributed by atoms with Gasteiger partial charge in [0, 0.05) is 25.7 Å². The number of nitrogens with one attached hydrogen (secondary N) is 1. The number of hydrogen-bond donors (Lipinski definition) is 1. The highest BCUT2D eigenvalue weighted by Crippen LogP contribution is 2.23. The molecule has 25 heavy (non-hydrogen) atoms. The van der Waals surface area contributed by atoms with Crippen LogP contribution in [-0.4, -0.2) is 61.5 Å². The zero-order valence-corrected chi connectivity index (χ0v) is 15.8. The second-order valence-electron chi connectivity index (χ2n) is 7.00. The Morgan fingerprint density at radius 2 is 1.84 bits per heavy atom. The highest BCUT2D eigenvalue weighted by atomic mass is 32.2. The Morgan fingerprint density at radius 3 is 2.44 bits per heavy atom. The Hall–Kier alpha value is -1.44. The summed E-state index contributed by atoms with van der Waals surface area (Å²) in [5.74, 6) is 0.0640. The monoisotopic (exact) mass is 365 g/mol. The molecule has 0 spiro atoms. The fourth-order valence-corrected chi connectivity index (χ4v) is 4.67. The van der Waals surface area contributed by atoms with Gasteiger partial charge in [-0.2, -0.15) is 0 Å². The van der Waals surface area contributed by atoms with Gasteiger partial charge in [-0.05, 0) is 36.9 Å². The smallest absolute Gasteiger partial charge is 0.237 e. The van der Waals surface area contributed by atoms with Gasteiger partial charge in [0.05, 0.1) is 12.3 Å². The second-order valence-corrected chi connectivity index (χ2v) is 8.98. The van der Waals surface area contributed by atoms with Crippen molar-refractivity contribution in [3.63, 3.8) is 0 Å². The summed E-state index contributed by atoms with van der Waals surface area (Å²) in [5, 5.41) is 3.15. The minimum Gasteiger partial charge on any atom is -0.352 e. The number of piperidine rings is 1. The first-order valence-electron chi connectivity index (χ1n) is 8.95. The standard InChI is InChI=1S/C18H27N3O3S/c1-3-20-13-15-7-5-4-6-14(15)12-17(20)18(22)19-16-8-10-21(11-9-16)25(2,23)24/h4-7,16-17H,3,8-13H2,1-2H3,(H,19,22)/t17-/m1/s1. The van der Waals surface area contributed by atoms with E-state index in [1.807, 2.05) is 12.1 Å². The maximum Gasteiger partial charge on any atom is 0.237 e. The number of sulfonamides is 1. The summed E-state index contributed by atoms with van der Waals surface area (Å²) in [6.45, 7) is 4.68. The summed E-state index contributed by atoms with van der Waals surface area (Å²) in [6.07, 6.45) is 3.32. The van der Waals surface area contributed by atoms with Gasteiger partial charge in [0.15, 0.2) is 0 Å². The van der Waals surface area contributed by atoms with E-state index in [0.717, 1.165) is 19.5 Å². The molecule has 1 aromatic rings. The molecule has 1 fully saturated rings. The van der Waals surface area contributed by atoms with Crippen molar-refractivity contribution in [3.8, 4) is 0 Å². The number of rotatable bonds is 4. The van der Waals surface area contributed by atoms with E-state index in [0.29, 0.717) is 25.9 Å². The van der Waals surface area contributed by atoms with Crippen LogP contribution in [0.15, 0.2) is 24.3 Å². The van der Waals surface area contributed by atoms with Crippen molar-refractivity contribution in [2.24, 2.45) is 0 Å². The van der Waals surface area contributed by atoms with Gasteiger partial charge in [0.25, 0.3) is 0 Å². The SMILES string of the molecule is CCN1Cc2ccccc2C[C@@H]1C(=O)NC1CCN(S(C)(=O)=O)CC1. The van der Waals surface area contributed by atoms with Crippen molar-refractivity contribution >= 4 is 15.9 Å². The van der Waals surface area contributed by atoms with Crippen LogP contribution in [0, 0.1) is 0 Å². The molecule has 138 valence electrons. The number of benzene rings is 1. The molecule has 6 nitrogen and oxygen atoms in total. The highest BCUT2D eigenvalue weighted by Gasteiger charge is 2.32. The van der Waals surface area contributed by atoms with E-state index in [9.17, 15) is 13.2 Å². The van der Waals surface area contributed by atoms with Crippen LogP contribution in [0.25, 0.3) is 0 Å². The van der Waals surface area contributed by atoms with E-state index in [-0.39, 0.29) is 18.0 Å². The predicted octanol–water partition coefficient (Wildman–Crippen LogP) is 0.973. The third-order valence-corrected chi connectivity index (χ3v) is 6.63. The average molecular weight is 365 g/mol. The van der Waals surface area contributed by atoms with E-state index in [2.05, 4.69) is 29.3 Å². The second kappa shape index (κ2) is 7.43. The van der Waals surface area contributed by atoms with Crippen molar-refractivity contribution < 1.29 is 13.2 Å². The lowest BCUT2D eigenvalue weighted by Gasteiger charge is -2.37. The van der Waals surface area contributed by atoms with Crippen molar-refractivity contribution in [1.29, 1.82) is 0 Å². The maximum absolute atomic E-state index is 12.8. The van der Waals surface area contributed by atoms with E-state index in [1.54, 1.807) is 0 Å². The predicted molar refractivity (Wildman–Crippen MR) is 97.6 cm³/mol. The molecule has 0 unspecified atom stereocenters. The molecule has 3 rings (SSSR count). The van der Waals surface area contributed by atoms with Crippen molar-refractivity contribution in [1.82, 2.24) is 14.5 Å². The Labute approximate surface area is 150 Å². The number of amides is 1. The van der Waals surface area contributed by atoms with Gasteiger partial charge >= 0.3 is 0 Å². The molecule has 1 aromatic carbocycles. The maximum atomic E-state index is 12.8. The molecule has 0 radical (unpaired) electrons. The number of nitrogens with zero attached hydrogens (tertiary/aromatic N) is 2. The van der Waals surface area contributed by atoms with E-state index in [1.165, 1.54) is 21.7 Å². The fourth-order valence-electron chi connectivity index (χ4n) is 3.80. The van der Waals surface area contributed by atoms with Crippen molar-refractivity contribution in [2.75, 3.05) is 25.9 Å². The van der Waals surface area contributed by atoms with Crippen molar-refractivity contribution in [2.45, 2.75) is 44.8 Å². The Balaban J connectivity index is 1.61. The highest BCUT2D eigenvalue weighted by molar-refractivity contribution is 7.88. The van der Waals surface area contributed by atoms with Gasteiger partial charge in [-0.15, -0.1) is 0 Å². The summed E-state index contributed by atoms with van der Waals surface area (Å²) in [5.41, 5.74) is 2.55. The van der Waals surface area contributed by atoms with Crippen LogP contribution in [0.3, 0.4) is 0 Å². The number of carbonyl (C=O) groups is 1. The average Bonchev–Trinajstić information content (AvgIpc) is 2.60. The molecule has 1 atom stereocenters. The van der Waals surface area contributed by atoms with Crippen LogP contribution in [0.5, 0.6) is 0 Å². The Kier molecular flexibility index (Phi) is 5.46. The molecule has 1 saturated heterocycles.